The Kier molecular flexibility index (Phi) is 7.71. The summed E-state index contributed by atoms with van der Waals surface area (Å²) >= 11 is 0. The number of carbonyl (C=O) groups is 1. The summed E-state index contributed by atoms with van der Waals surface area (Å²) in [5.41, 5.74) is 1.21. The second kappa shape index (κ2) is 11.3. The Morgan fingerprint density at radius 3 is 2.30 bits per heavy atom. The van der Waals surface area contributed by atoms with Crippen LogP contribution in [-0.2, 0) is 6.54 Å². The van der Waals surface area contributed by atoms with Gasteiger partial charge in [0.05, 0.1) is 6.54 Å². The van der Waals surface area contributed by atoms with E-state index in [2.05, 4.69) is 44.5 Å². The monoisotopic (exact) mass is 447 g/mol. The highest BCUT2D eigenvalue weighted by atomic mass is 16.5. The molecule has 1 aliphatic heterocycles. The zero-order valence-corrected chi connectivity index (χ0v) is 18.6. The molecule has 2 aromatic carbocycles. The van der Waals surface area contributed by atoms with Gasteiger partial charge in [-0.2, -0.15) is 5.10 Å². The van der Waals surface area contributed by atoms with Crippen LogP contribution in [0, 0.1) is 0 Å². The molecule has 0 bridgehead atoms. The fourth-order valence-electron chi connectivity index (χ4n) is 3.78. The summed E-state index contributed by atoms with van der Waals surface area (Å²) < 4.78 is 6.89. The van der Waals surface area contributed by atoms with Gasteiger partial charge in [0.1, 0.15) is 18.1 Å². The highest BCUT2D eigenvalue weighted by molar-refractivity contribution is 5.91. The summed E-state index contributed by atoms with van der Waals surface area (Å²) in [4.78, 5) is 29.3. The van der Waals surface area contributed by atoms with E-state index < -0.39 is 0 Å². The van der Waals surface area contributed by atoms with E-state index in [0.717, 1.165) is 38.5 Å². The largest absolute Gasteiger partial charge is 0.492 e. The molecule has 33 heavy (non-hydrogen) atoms. The van der Waals surface area contributed by atoms with Gasteiger partial charge in [0.15, 0.2) is 0 Å². The fraction of sp³-hybridized carbons (Fsp3) is 0.320. The SMILES string of the molecule is O=C(NCCN1CCN(c2ccccc2)CC1)c1ccc(=O)n(CCOc2ccccc2)n1. The number of benzene rings is 2. The van der Waals surface area contributed by atoms with E-state index in [0.29, 0.717) is 6.54 Å². The average molecular weight is 448 g/mol. The minimum absolute atomic E-state index is 0.225. The third-order valence-corrected chi connectivity index (χ3v) is 5.62. The van der Waals surface area contributed by atoms with E-state index in [1.165, 1.54) is 22.5 Å². The van der Waals surface area contributed by atoms with Crippen LogP contribution < -0.4 is 20.5 Å². The Morgan fingerprint density at radius 1 is 0.879 bits per heavy atom. The van der Waals surface area contributed by atoms with Gasteiger partial charge in [0.25, 0.3) is 11.5 Å². The minimum Gasteiger partial charge on any atom is -0.492 e. The first kappa shape index (κ1) is 22.5. The quantitative estimate of drug-likeness (QED) is 0.540. The van der Waals surface area contributed by atoms with Crippen molar-refractivity contribution in [2.75, 3.05) is 50.8 Å². The van der Waals surface area contributed by atoms with E-state index in [1.54, 1.807) is 0 Å². The lowest BCUT2D eigenvalue weighted by molar-refractivity contribution is 0.0939. The molecular formula is C25H29N5O3. The zero-order valence-electron chi connectivity index (χ0n) is 18.6. The van der Waals surface area contributed by atoms with Crippen molar-refractivity contribution >= 4 is 11.6 Å². The number of aromatic nitrogens is 2. The van der Waals surface area contributed by atoms with Gasteiger partial charge >= 0.3 is 0 Å². The van der Waals surface area contributed by atoms with Crippen LogP contribution in [0.2, 0.25) is 0 Å². The van der Waals surface area contributed by atoms with Gasteiger partial charge in [-0.25, -0.2) is 4.68 Å². The van der Waals surface area contributed by atoms with E-state index >= 15 is 0 Å². The number of carbonyl (C=O) groups excluding carboxylic acids is 1. The van der Waals surface area contributed by atoms with Crippen LogP contribution in [0.3, 0.4) is 0 Å². The molecule has 1 aliphatic rings. The summed E-state index contributed by atoms with van der Waals surface area (Å²) in [6.07, 6.45) is 0. The first-order chi connectivity index (χ1) is 16.2. The van der Waals surface area contributed by atoms with Gasteiger partial charge in [-0.1, -0.05) is 36.4 Å². The van der Waals surface area contributed by atoms with E-state index in [1.807, 2.05) is 36.4 Å². The minimum atomic E-state index is -0.282. The fourth-order valence-corrected chi connectivity index (χ4v) is 3.78. The maximum absolute atomic E-state index is 12.5. The first-order valence-electron chi connectivity index (χ1n) is 11.3. The first-order valence-corrected chi connectivity index (χ1v) is 11.3. The Bertz CT molecular complexity index is 1080. The Labute approximate surface area is 193 Å². The molecule has 1 fully saturated rings. The maximum atomic E-state index is 12.5. The number of para-hydroxylation sites is 2. The Balaban J connectivity index is 1.21. The lowest BCUT2D eigenvalue weighted by atomic mass is 10.2. The molecule has 0 atom stereocenters. The van der Waals surface area contributed by atoms with Crippen LogP contribution in [0.15, 0.2) is 77.6 Å². The number of hydrogen-bond acceptors (Lipinski definition) is 6. The molecule has 1 aromatic heterocycles. The van der Waals surface area contributed by atoms with Crippen molar-refractivity contribution in [2.24, 2.45) is 0 Å². The highest BCUT2D eigenvalue weighted by Gasteiger charge is 2.17. The topological polar surface area (TPSA) is 79.7 Å². The van der Waals surface area contributed by atoms with Crippen molar-refractivity contribution in [3.63, 3.8) is 0 Å². The lowest BCUT2D eigenvalue weighted by Crippen LogP contribution is -2.48. The molecule has 4 rings (SSSR count). The number of rotatable bonds is 9. The Hall–Kier alpha value is -3.65. The number of nitrogens with zero attached hydrogens (tertiary/aromatic N) is 4. The van der Waals surface area contributed by atoms with Crippen molar-refractivity contribution < 1.29 is 9.53 Å². The predicted octanol–water partition coefficient (Wildman–Crippen LogP) is 1.87. The van der Waals surface area contributed by atoms with E-state index in [4.69, 9.17) is 4.74 Å². The van der Waals surface area contributed by atoms with Crippen LogP contribution in [0.1, 0.15) is 10.5 Å². The molecule has 0 aliphatic carbocycles. The molecule has 3 aromatic rings. The lowest BCUT2D eigenvalue weighted by Gasteiger charge is -2.36. The molecule has 0 spiro atoms. The predicted molar refractivity (Wildman–Crippen MR) is 128 cm³/mol. The molecule has 1 N–H and O–H groups in total. The molecule has 1 amide bonds. The number of hydrogen-bond donors (Lipinski definition) is 1. The van der Waals surface area contributed by atoms with Crippen molar-refractivity contribution in [1.29, 1.82) is 0 Å². The van der Waals surface area contributed by atoms with Crippen LogP contribution in [-0.4, -0.2) is 66.5 Å². The third kappa shape index (κ3) is 6.43. The summed E-state index contributed by atoms with van der Waals surface area (Å²) in [5, 5.41) is 7.12. The number of piperazine rings is 1. The van der Waals surface area contributed by atoms with E-state index in [-0.39, 0.29) is 30.3 Å². The molecule has 2 heterocycles. The standard InChI is InChI=1S/C25H29N5O3/c31-24-12-11-23(27-30(24)19-20-33-22-9-5-2-6-10-22)25(32)26-13-14-28-15-17-29(18-16-28)21-7-3-1-4-8-21/h1-12H,13-20H2,(H,26,32). The van der Waals surface area contributed by atoms with Gasteiger partial charge in [-0.05, 0) is 30.3 Å². The van der Waals surface area contributed by atoms with Gasteiger partial charge in [0.2, 0.25) is 0 Å². The Morgan fingerprint density at radius 2 is 1.58 bits per heavy atom. The molecule has 172 valence electrons. The van der Waals surface area contributed by atoms with Gasteiger partial charge < -0.3 is 15.0 Å². The van der Waals surface area contributed by atoms with Gasteiger partial charge in [-0.3, -0.25) is 14.5 Å². The van der Waals surface area contributed by atoms with Crippen molar-refractivity contribution in [3.8, 4) is 5.75 Å². The van der Waals surface area contributed by atoms with Crippen molar-refractivity contribution in [3.05, 3.63) is 88.8 Å². The smallest absolute Gasteiger partial charge is 0.271 e. The van der Waals surface area contributed by atoms with Gasteiger partial charge in [-0.15, -0.1) is 0 Å². The normalized spacial score (nSPS) is 14.1. The van der Waals surface area contributed by atoms with Crippen LogP contribution in [0.4, 0.5) is 5.69 Å². The molecule has 0 radical (unpaired) electrons. The third-order valence-electron chi connectivity index (χ3n) is 5.62. The number of anilines is 1. The summed E-state index contributed by atoms with van der Waals surface area (Å²) in [6, 6.07) is 22.6. The molecular weight excluding hydrogens is 418 g/mol. The maximum Gasteiger partial charge on any atom is 0.271 e. The second-order valence-electron chi connectivity index (χ2n) is 7.86. The zero-order chi connectivity index (χ0) is 22.9. The van der Waals surface area contributed by atoms with Crippen molar-refractivity contribution in [1.82, 2.24) is 20.0 Å². The average Bonchev–Trinajstić information content (AvgIpc) is 2.87. The molecule has 8 nitrogen and oxygen atoms in total. The number of ether oxygens (including phenoxy) is 1. The second-order valence-corrected chi connectivity index (χ2v) is 7.86. The molecule has 1 saturated heterocycles. The summed E-state index contributed by atoms with van der Waals surface area (Å²) in [5.74, 6) is 0.444. The highest BCUT2D eigenvalue weighted by Crippen LogP contribution is 2.15. The summed E-state index contributed by atoms with van der Waals surface area (Å²) in [6.45, 7) is 5.70. The van der Waals surface area contributed by atoms with Crippen LogP contribution in [0.25, 0.3) is 0 Å². The number of nitrogens with one attached hydrogen (secondary N) is 1. The van der Waals surface area contributed by atoms with Crippen molar-refractivity contribution in [2.45, 2.75) is 6.54 Å². The molecule has 0 unspecified atom stereocenters. The van der Waals surface area contributed by atoms with Crippen LogP contribution in [0.5, 0.6) is 5.75 Å². The molecule has 0 saturated carbocycles. The number of amides is 1. The van der Waals surface area contributed by atoms with E-state index in [9.17, 15) is 9.59 Å². The molecule has 8 heteroatoms. The van der Waals surface area contributed by atoms with Gasteiger partial charge in [0, 0.05) is 51.0 Å². The summed E-state index contributed by atoms with van der Waals surface area (Å²) in [7, 11) is 0. The van der Waals surface area contributed by atoms with Crippen LogP contribution >= 0.6 is 0 Å².